The van der Waals surface area contributed by atoms with Gasteiger partial charge in [-0.1, -0.05) is 41.9 Å². The number of nitrogens with zero attached hydrogens (tertiary/aromatic N) is 2. The van der Waals surface area contributed by atoms with Gasteiger partial charge in [0.25, 0.3) is 5.91 Å². The predicted octanol–water partition coefficient (Wildman–Crippen LogP) is 4.87. The van der Waals surface area contributed by atoms with Gasteiger partial charge in [-0.25, -0.2) is 0 Å². The summed E-state index contributed by atoms with van der Waals surface area (Å²) in [5.74, 6) is -0.178. The van der Waals surface area contributed by atoms with Gasteiger partial charge in [0.05, 0.1) is 0 Å². The minimum atomic E-state index is -0.178. The molecule has 0 spiro atoms. The topological polar surface area (TPSA) is 45.2 Å². The van der Waals surface area contributed by atoms with Crippen molar-refractivity contribution in [2.24, 2.45) is 0 Å². The van der Waals surface area contributed by atoms with Crippen LogP contribution in [0.25, 0.3) is 0 Å². The molecule has 5 heteroatoms. The van der Waals surface area contributed by atoms with Crippen LogP contribution in [0.2, 0.25) is 5.02 Å². The maximum Gasteiger partial charge on any atom is 0.269 e. The molecule has 0 fully saturated rings. The van der Waals surface area contributed by atoms with Crippen molar-refractivity contribution in [2.45, 2.75) is 13.3 Å². The third-order valence-corrected chi connectivity index (χ3v) is 4.50. The number of rotatable bonds is 7. The number of nitrogens with one attached hydrogen (secondary N) is 1. The third kappa shape index (κ3) is 5.08. The Bertz CT molecular complexity index is 899. The molecular formula is C22H22ClN3O. The van der Waals surface area contributed by atoms with Crippen molar-refractivity contribution in [3.63, 3.8) is 0 Å². The second-order valence-electron chi connectivity index (χ2n) is 6.11. The second kappa shape index (κ2) is 9.19. The number of hydrogen-bond donors (Lipinski definition) is 1. The minimum absolute atomic E-state index is 0.178. The lowest BCUT2D eigenvalue weighted by atomic mass is 10.1. The molecule has 3 rings (SSSR count). The highest BCUT2D eigenvalue weighted by atomic mass is 35.5. The Balaban J connectivity index is 1.66. The van der Waals surface area contributed by atoms with Gasteiger partial charge in [-0.15, -0.1) is 0 Å². The van der Waals surface area contributed by atoms with Gasteiger partial charge < -0.3 is 10.2 Å². The van der Waals surface area contributed by atoms with Crippen LogP contribution in [0.3, 0.4) is 0 Å². The van der Waals surface area contributed by atoms with E-state index in [0.717, 1.165) is 29.9 Å². The SMILES string of the molecule is CCN(c1ccccc1)c1ccnc(C(=O)NCCc2cccc(Cl)c2)c1. The highest BCUT2D eigenvalue weighted by molar-refractivity contribution is 6.30. The number of halogens is 1. The van der Waals surface area contributed by atoms with Crippen molar-refractivity contribution in [3.8, 4) is 0 Å². The van der Waals surface area contributed by atoms with Crippen LogP contribution in [0.15, 0.2) is 72.9 Å². The normalized spacial score (nSPS) is 10.4. The summed E-state index contributed by atoms with van der Waals surface area (Å²) < 4.78 is 0. The Morgan fingerprint density at radius 1 is 1.04 bits per heavy atom. The molecule has 0 radical (unpaired) electrons. The standard InChI is InChI=1S/C22H22ClN3O/c1-2-26(19-9-4-3-5-10-19)20-12-14-24-21(16-20)22(27)25-13-11-17-7-6-8-18(23)15-17/h3-10,12,14-16H,2,11,13H2,1H3,(H,25,27). The van der Waals surface area contributed by atoms with Crippen molar-refractivity contribution >= 4 is 28.9 Å². The van der Waals surface area contributed by atoms with Crippen LogP contribution in [0.1, 0.15) is 23.0 Å². The maximum absolute atomic E-state index is 12.5. The molecule has 0 aliphatic heterocycles. The monoisotopic (exact) mass is 379 g/mol. The van der Waals surface area contributed by atoms with Gasteiger partial charge in [-0.3, -0.25) is 9.78 Å². The van der Waals surface area contributed by atoms with Crippen molar-refractivity contribution in [3.05, 3.63) is 89.2 Å². The maximum atomic E-state index is 12.5. The van der Waals surface area contributed by atoms with Crippen LogP contribution < -0.4 is 10.2 Å². The number of carbonyl (C=O) groups excluding carboxylic acids is 1. The molecule has 1 N–H and O–H groups in total. The lowest BCUT2D eigenvalue weighted by molar-refractivity contribution is 0.0949. The van der Waals surface area contributed by atoms with Gasteiger partial charge in [-0.2, -0.15) is 0 Å². The quantitative estimate of drug-likeness (QED) is 0.637. The molecule has 0 saturated heterocycles. The van der Waals surface area contributed by atoms with E-state index in [9.17, 15) is 4.79 Å². The molecule has 27 heavy (non-hydrogen) atoms. The number of aromatic nitrogens is 1. The fourth-order valence-electron chi connectivity index (χ4n) is 2.94. The molecule has 4 nitrogen and oxygen atoms in total. The minimum Gasteiger partial charge on any atom is -0.350 e. The van der Waals surface area contributed by atoms with E-state index in [-0.39, 0.29) is 5.91 Å². The van der Waals surface area contributed by atoms with Crippen molar-refractivity contribution in [2.75, 3.05) is 18.0 Å². The van der Waals surface area contributed by atoms with Crippen molar-refractivity contribution in [1.82, 2.24) is 10.3 Å². The third-order valence-electron chi connectivity index (χ3n) is 4.26. The summed E-state index contributed by atoms with van der Waals surface area (Å²) in [6.45, 7) is 3.41. The Morgan fingerprint density at radius 3 is 2.59 bits per heavy atom. The first-order chi connectivity index (χ1) is 13.2. The zero-order chi connectivity index (χ0) is 19.1. The Morgan fingerprint density at radius 2 is 1.85 bits per heavy atom. The van der Waals surface area contributed by atoms with E-state index in [1.165, 1.54) is 0 Å². The highest BCUT2D eigenvalue weighted by Gasteiger charge is 2.12. The van der Waals surface area contributed by atoms with Gasteiger partial charge in [0, 0.05) is 35.7 Å². The van der Waals surface area contributed by atoms with Crippen LogP contribution in [0.4, 0.5) is 11.4 Å². The van der Waals surface area contributed by atoms with E-state index in [2.05, 4.69) is 34.3 Å². The molecule has 3 aromatic rings. The van der Waals surface area contributed by atoms with Crippen LogP contribution in [0, 0.1) is 0 Å². The van der Waals surface area contributed by atoms with Crippen LogP contribution in [-0.2, 0) is 6.42 Å². The molecule has 0 aliphatic carbocycles. The Hall–Kier alpha value is -2.85. The number of hydrogen-bond acceptors (Lipinski definition) is 3. The summed E-state index contributed by atoms with van der Waals surface area (Å²) in [4.78, 5) is 18.9. The van der Waals surface area contributed by atoms with E-state index >= 15 is 0 Å². The zero-order valence-corrected chi connectivity index (χ0v) is 16.0. The molecule has 0 unspecified atom stereocenters. The first-order valence-electron chi connectivity index (χ1n) is 8.98. The van der Waals surface area contributed by atoms with Crippen LogP contribution in [0.5, 0.6) is 0 Å². The van der Waals surface area contributed by atoms with E-state index < -0.39 is 0 Å². The summed E-state index contributed by atoms with van der Waals surface area (Å²) in [5, 5.41) is 3.63. The fraction of sp³-hybridized carbons (Fsp3) is 0.182. The van der Waals surface area contributed by atoms with Gasteiger partial charge >= 0.3 is 0 Å². The van der Waals surface area contributed by atoms with Crippen LogP contribution in [-0.4, -0.2) is 24.0 Å². The van der Waals surface area contributed by atoms with E-state index in [1.807, 2.05) is 54.6 Å². The first kappa shape index (κ1) is 18.9. The lowest BCUT2D eigenvalue weighted by Gasteiger charge is -2.23. The number of benzene rings is 2. The summed E-state index contributed by atoms with van der Waals surface area (Å²) in [5.41, 5.74) is 3.52. The summed E-state index contributed by atoms with van der Waals surface area (Å²) in [6.07, 6.45) is 2.39. The van der Waals surface area contributed by atoms with E-state index in [4.69, 9.17) is 11.6 Å². The molecule has 0 saturated carbocycles. The molecule has 1 heterocycles. The summed E-state index contributed by atoms with van der Waals surface area (Å²) in [6, 6.07) is 21.5. The highest BCUT2D eigenvalue weighted by Crippen LogP contribution is 2.24. The predicted molar refractivity (Wildman–Crippen MR) is 111 cm³/mol. The molecular weight excluding hydrogens is 358 g/mol. The van der Waals surface area contributed by atoms with E-state index in [0.29, 0.717) is 17.3 Å². The smallest absolute Gasteiger partial charge is 0.269 e. The van der Waals surface area contributed by atoms with Gasteiger partial charge in [0.1, 0.15) is 5.69 Å². The number of anilines is 2. The lowest BCUT2D eigenvalue weighted by Crippen LogP contribution is -2.27. The second-order valence-corrected chi connectivity index (χ2v) is 6.55. The summed E-state index contributed by atoms with van der Waals surface area (Å²) in [7, 11) is 0. The fourth-order valence-corrected chi connectivity index (χ4v) is 3.15. The molecule has 0 bridgehead atoms. The Labute approximate surface area is 164 Å². The molecule has 0 atom stereocenters. The average molecular weight is 380 g/mol. The van der Waals surface area contributed by atoms with Gasteiger partial charge in [-0.05, 0) is 55.3 Å². The average Bonchev–Trinajstić information content (AvgIpc) is 2.70. The number of carbonyl (C=O) groups is 1. The Kier molecular flexibility index (Phi) is 6.44. The number of pyridine rings is 1. The van der Waals surface area contributed by atoms with Gasteiger partial charge in [0.2, 0.25) is 0 Å². The van der Waals surface area contributed by atoms with Crippen molar-refractivity contribution < 1.29 is 4.79 Å². The molecule has 2 aromatic carbocycles. The molecule has 1 amide bonds. The first-order valence-corrected chi connectivity index (χ1v) is 9.36. The number of amides is 1. The summed E-state index contributed by atoms with van der Waals surface area (Å²) >= 11 is 5.99. The van der Waals surface area contributed by atoms with Gasteiger partial charge in [0.15, 0.2) is 0 Å². The zero-order valence-electron chi connectivity index (χ0n) is 15.2. The molecule has 1 aromatic heterocycles. The molecule has 0 aliphatic rings. The molecule has 138 valence electrons. The number of para-hydroxylation sites is 1. The van der Waals surface area contributed by atoms with E-state index in [1.54, 1.807) is 6.20 Å². The van der Waals surface area contributed by atoms with Crippen LogP contribution >= 0.6 is 11.6 Å². The van der Waals surface area contributed by atoms with Crippen molar-refractivity contribution in [1.29, 1.82) is 0 Å². The largest absolute Gasteiger partial charge is 0.350 e.